The minimum absolute atomic E-state index is 0.926. The Morgan fingerprint density at radius 3 is 2.00 bits per heavy atom. The van der Waals surface area contributed by atoms with Gasteiger partial charge in [0.15, 0.2) is 0 Å². The zero-order valence-electron chi connectivity index (χ0n) is 2.12. The molecule has 29 valence electrons. The van der Waals surface area contributed by atoms with Crippen molar-refractivity contribution < 1.29 is 20.8 Å². The zero-order valence-corrected chi connectivity index (χ0v) is 3.22. The number of nitroso groups, excluding NO2 is 1. The molecule has 0 radical (unpaired) electrons. The summed E-state index contributed by atoms with van der Waals surface area (Å²) >= 11 is 2.64. The van der Waals surface area contributed by atoms with Crippen molar-refractivity contribution in [3.8, 4) is 0 Å². The van der Waals surface area contributed by atoms with Crippen LogP contribution in [-0.4, -0.2) is 4.81 Å². The molecule has 3 nitrogen and oxygen atoms in total. The first-order chi connectivity index (χ1) is 2.27. The van der Waals surface area contributed by atoms with Gasteiger partial charge in [-0.25, -0.2) is 0 Å². The fourth-order valence-electron chi connectivity index (χ4n) is 0. The van der Waals surface area contributed by atoms with Crippen LogP contribution in [0, 0.1) is 4.91 Å². The monoisotopic (exact) mass is 114 g/mol. The molecular weight excluding hydrogens is 114 g/mol. The molecule has 0 atom stereocenters. The fraction of sp³-hybridized carbons (Fsp3) is 0. The Morgan fingerprint density at radius 1 is 1.80 bits per heavy atom. The number of hydrogen-bond acceptors (Lipinski definition) is 2. The van der Waals surface area contributed by atoms with E-state index in [0.717, 1.165) is 0 Å². The molecule has 0 rings (SSSR count). The van der Waals surface area contributed by atoms with Crippen molar-refractivity contribution in [3.63, 3.8) is 0 Å². The molecule has 0 saturated heterocycles. The predicted octanol–water partition coefficient (Wildman–Crippen LogP) is 0.420. The first-order valence-corrected chi connectivity index (χ1v) is 1.34. The third kappa shape index (κ3) is 3.79. The van der Waals surface area contributed by atoms with Crippen LogP contribution in [0.3, 0.4) is 0 Å². The molecule has 0 spiro atoms. The van der Waals surface area contributed by atoms with E-state index in [1.165, 1.54) is 0 Å². The molecule has 0 aliphatic heterocycles. The normalized spacial score (nSPS) is 6.60. The Labute approximate surface area is 36.5 Å². The molecule has 0 heterocycles. The van der Waals surface area contributed by atoms with Gasteiger partial charge in [0.1, 0.15) is 0 Å². The standard InChI is InChI=1S/CNO2.Fe/c3-1-2-4;. The van der Waals surface area contributed by atoms with E-state index in [0.29, 0.717) is 0 Å². The van der Waals surface area contributed by atoms with E-state index < -0.39 is 4.81 Å². The van der Waals surface area contributed by atoms with Crippen molar-refractivity contribution in [1.82, 2.24) is 0 Å². The summed E-state index contributed by atoms with van der Waals surface area (Å²) in [4.78, 5) is 17.1. The summed E-state index contributed by atoms with van der Waals surface area (Å²) < 4.78 is 0. The predicted molar refractivity (Wildman–Crippen MR) is 11.2 cm³/mol. The molecule has 0 aromatic heterocycles. The maximum atomic E-state index is 9.22. The summed E-state index contributed by atoms with van der Waals surface area (Å²) in [6.07, 6.45) is 0. The van der Waals surface area contributed by atoms with Gasteiger partial charge in [-0.3, -0.25) is 0 Å². The van der Waals surface area contributed by atoms with Gasteiger partial charge in [-0.2, -0.15) is 0 Å². The van der Waals surface area contributed by atoms with Crippen LogP contribution in [0.25, 0.3) is 0 Å². The van der Waals surface area contributed by atoms with E-state index in [9.17, 15) is 4.79 Å². The summed E-state index contributed by atoms with van der Waals surface area (Å²) in [7, 11) is 0. The van der Waals surface area contributed by atoms with Crippen LogP contribution in [0.4, 0.5) is 4.79 Å². The summed E-state index contributed by atoms with van der Waals surface area (Å²) in [5.41, 5.74) is 0. The SMILES string of the molecule is O=N[C](=O)[Fe]. The van der Waals surface area contributed by atoms with Crippen LogP contribution in [0.1, 0.15) is 0 Å². The van der Waals surface area contributed by atoms with Gasteiger partial charge in [0.2, 0.25) is 0 Å². The van der Waals surface area contributed by atoms with E-state index in [1.807, 2.05) is 5.18 Å². The average Bonchev–Trinajstić information content (AvgIpc) is 1.38. The molecule has 0 aliphatic carbocycles. The summed E-state index contributed by atoms with van der Waals surface area (Å²) in [5, 5.41) is 1.89. The number of carbonyl (C=O) groups is 1. The first kappa shape index (κ1) is 4.79. The molecule has 0 aliphatic rings. The zero-order chi connectivity index (χ0) is 4.28. The molecule has 0 unspecified atom stereocenters. The molecule has 4 heteroatoms. The van der Waals surface area contributed by atoms with Gasteiger partial charge in [-0.1, -0.05) is 0 Å². The maximum absolute atomic E-state index is 9.22. The van der Waals surface area contributed by atoms with Crippen molar-refractivity contribution in [2.45, 2.75) is 0 Å². The third-order valence-electron chi connectivity index (χ3n) is 0.0695. The molecule has 0 aromatic carbocycles. The van der Waals surface area contributed by atoms with E-state index >= 15 is 0 Å². The molecule has 0 aromatic rings. The summed E-state index contributed by atoms with van der Waals surface area (Å²) in [5.74, 6) is 0. The van der Waals surface area contributed by atoms with E-state index in [-0.39, 0.29) is 0 Å². The quantitative estimate of drug-likeness (QED) is 0.338. The molecule has 0 bridgehead atoms. The van der Waals surface area contributed by atoms with Crippen LogP contribution in [0.15, 0.2) is 5.18 Å². The van der Waals surface area contributed by atoms with Crippen molar-refractivity contribution in [2.24, 2.45) is 5.18 Å². The second kappa shape index (κ2) is 2.05. The molecule has 0 saturated carbocycles. The Kier molecular flexibility index (Phi) is 1.97. The van der Waals surface area contributed by atoms with Gasteiger partial charge in [0, 0.05) is 0 Å². The van der Waals surface area contributed by atoms with Crippen molar-refractivity contribution in [1.29, 1.82) is 0 Å². The van der Waals surface area contributed by atoms with E-state index in [4.69, 9.17) is 4.91 Å². The van der Waals surface area contributed by atoms with E-state index in [2.05, 4.69) is 16.0 Å². The van der Waals surface area contributed by atoms with Crippen LogP contribution in [0.5, 0.6) is 0 Å². The Hall–Kier alpha value is -0.211. The Morgan fingerprint density at radius 2 is 2.00 bits per heavy atom. The van der Waals surface area contributed by atoms with Crippen LogP contribution in [-0.2, 0) is 16.0 Å². The fourth-order valence-corrected chi connectivity index (χ4v) is 0. The van der Waals surface area contributed by atoms with Gasteiger partial charge < -0.3 is 0 Å². The van der Waals surface area contributed by atoms with Gasteiger partial charge in [0.25, 0.3) is 0 Å². The van der Waals surface area contributed by atoms with Crippen molar-refractivity contribution in [2.75, 3.05) is 0 Å². The number of amides is 1. The van der Waals surface area contributed by atoms with Gasteiger partial charge in [-0.05, 0) is 0 Å². The molecule has 0 N–H and O–H groups in total. The van der Waals surface area contributed by atoms with Crippen molar-refractivity contribution in [3.05, 3.63) is 4.91 Å². The van der Waals surface area contributed by atoms with Crippen LogP contribution < -0.4 is 0 Å². The van der Waals surface area contributed by atoms with Crippen molar-refractivity contribution >= 4 is 4.81 Å². The molecule has 1 amide bonds. The number of nitrogens with zero attached hydrogens (tertiary/aromatic N) is 1. The topological polar surface area (TPSA) is 46.5 Å². The van der Waals surface area contributed by atoms with Gasteiger partial charge in [0.05, 0.1) is 0 Å². The summed E-state index contributed by atoms with van der Waals surface area (Å²) in [6.45, 7) is 0. The van der Waals surface area contributed by atoms with E-state index in [1.54, 1.807) is 0 Å². The molecule has 0 fully saturated rings. The number of carbonyl (C=O) groups excluding carboxylic acids is 1. The Bertz CT molecular complexity index is 60.7. The van der Waals surface area contributed by atoms with Gasteiger partial charge in [-0.15, -0.1) is 0 Å². The number of hydrogen-bond donors (Lipinski definition) is 0. The van der Waals surface area contributed by atoms with Crippen LogP contribution >= 0.6 is 0 Å². The summed E-state index contributed by atoms with van der Waals surface area (Å²) in [6, 6.07) is 0. The molecular formula is CFeNO2. The second-order valence-corrected chi connectivity index (χ2v) is 0.806. The Balaban J connectivity index is 3.20. The minimum atomic E-state index is -0.926. The second-order valence-electron chi connectivity index (χ2n) is 0.334. The molecule has 5 heavy (non-hydrogen) atoms. The number of rotatable bonds is 0. The van der Waals surface area contributed by atoms with Gasteiger partial charge >= 0.3 is 35.7 Å². The van der Waals surface area contributed by atoms with Crippen LogP contribution in [0.2, 0.25) is 0 Å². The first-order valence-electron chi connectivity index (χ1n) is 0.787. The third-order valence-corrected chi connectivity index (χ3v) is 0.170. The average molecular weight is 114 g/mol.